The largest absolute Gasteiger partial charge is 0.354 e. The Kier molecular flexibility index (Phi) is 7.33. The molecule has 3 aromatic carbocycles. The summed E-state index contributed by atoms with van der Waals surface area (Å²) in [6.45, 7) is 6.08. The normalized spacial score (nSPS) is 13.4. The van der Waals surface area contributed by atoms with E-state index in [2.05, 4.69) is 5.32 Å². The monoisotopic (exact) mass is 511 g/mol. The minimum Gasteiger partial charge on any atom is -0.354 e. The van der Waals surface area contributed by atoms with Gasteiger partial charge in [0.25, 0.3) is 5.91 Å². The van der Waals surface area contributed by atoms with Gasteiger partial charge < -0.3 is 10.2 Å². The number of carbonyl (C=O) groups excluding carboxylic acids is 3. The molecule has 0 radical (unpaired) electrons. The van der Waals surface area contributed by atoms with E-state index in [1.807, 2.05) is 44.2 Å². The number of hydrogen-bond donors (Lipinski definition) is 1. The maximum atomic E-state index is 13.7. The van der Waals surface area contributed by atoms with Gasteiger partial charge in [-0.1, -0.05) is 67.4 Å². The third kappa shape index (κ3) is 5.14. The predicted octanol–water partition coefficient (Wildman–Crippen LogP) is 5.30. The van der Waals surface area contributed by atoms with Crippen LogP contribution in [0.2, 0.25) is 10.0 Å². The lowest BCUT2D eigenvalue weighted by atomic mass is 10.1. The second-order valence-electron chi connectivity index (χ2n) is 9.14. The molecule has 1 heterocycles. The minimum atomic E-state index is -0.774. The van der Waals surface area contributed by atoms with E-state index in [1.165, 1.54) is 9.80 Å². The Balaban J connectivity index is 1.63. The molecule has 3 amide bonds. The highest BCUT2D eigenvalue weighted by molar-refractivity contribution is 6.35. The number of hydrogen-bond acceptors (Lipinski definition) is 3. The van der Waals surface area contributed by atoms with Gasteiger partial charge in [0.05, 0.1) is 5.69 Å². The predicted molar refractivity (Wildman–Crippen MR) is 140 cm³/mol. The molecule has 0 unspecified atom stereocenters. The lowest BCUT2D eigenvalue weighted by Gasteiger charge is -2.31. The van der Waals surface area contributed by atoms with Crippen molar-refractivity contribution in [3.63, 3.8) is 0 Å². The molecule has 0 aromatic heterocycles. The fourth-order valence-corrected chi connectivity index (χ4v) is 4.70. The highest BCUT2D eigenvalue weighted by Crippen LogP contribution is 2.37. The van der Waals surface area contributed by atoms with Gasteiger partial charge in [-0.25, -0.2) is 0 Å². The first kappa shape index (κ1) is 25.0. The van der Waals surface area contributed by atoms with Crippen molar-refractivity contribution in [1.29, 1.82) is 0 Å². The molecule has 1 atom stereocenters. The third-order valence-electron chi connectivity index (χ3n) is 6.15. The number of nitrogens with one attached hydrogen (secondary N) is 1. The van der Waals surface area contributed by atoms with Crippen molar-refractivity contribution in [2.24, 2.45) is 5.92 Å². The van der Waals surface area contributed by atoms with Crippen LogP contribution in [0.4, 0.5) is 5.69 Å². The molecule has 0 aliphatic carbocycles. The van der Waals surface area contributed by atoms with Crippen LogP contribution in [0.1, 0.15) is 36.7 Å². The maximum absolute atomic E-state index is 13.7. The fourth-order valence-electron chi connectivity index (χ4n) is 4.23. The molecule has 0 saturated carbocycles. The van der Waals surface area contributed by atoms with Crippen molar-refractivity contribution in [1.82, 2.24) is 10.2 Å². The fraction of sp³-hybridized carbons (Fsp3) is 0.296. The first-order chi connectivity index (χ1) is 16.7. The van der Waals surface area contributed by atoms with Crippen LogP contribution in [0.5, 0.6) is 0 Å². The Bertz CT molecular complexity index is 1300. The molecular formula is C27H27Cl2N3O3. The molecule has 0 saturated heterocycles. The summed E-state index contributed by atoms with van der Waals surface area (Å²) in [4.78, 5) is 42.7. The molecule has 182 valence electrons. The highest BCUT2D eigenvalue weighted by Gasteiger charge is 2.34. The zero-order chi connectivity index (χ0) is 25.3. The van der Waals surface area contributed by atoms with E-state index in [4.69, 9.17) is 23.2 Å². The third-order valence-corrected chi connectivity index (χ3v) is 6.74. The Morgan fingerprint density at radius 1 is 1.03 bits per heavy atom. The van der Waals surface area contributed by atoms with E-state index in [0.717, 1.165) is 10.8 Å². The zero-order valence-corrected chi connectivity index (χ0v) is 21.4. The highest BCUT2D eigenvalue weighted by atomic mass is 35.5. The first-order valence-corrected chi connectivity index (χ1v) is 12.3. The van der Waals surface area contributed by atoms with Crippen molar-refractivity contribution in [2.75, 3.05) is 18.0 Å². The second-order valence-corrected chi connectivity index (χ2v) is 9.99. The average Bonchev–Trinajstić information content (AvgIpc) is 3.09. The number of amides is 3. The van der Waals surface area contributed by atoms with E-state index in [9.17, 15) is 14.4 Å². The number of halogens is 2. The summed E-state index contributed by atoms with van der Waals surface area (Å²) < 4.78 is 0. The summed E-state index contributed by atoms with van der Waals surface area (Å²) in [5, 5.41) is 5.55. The molecule has 0 bridgehead atoms. The van der Waals surface area contributed by atoms with Crippen LogP contribution in [0.15, 0.2) is 54.6 Å². The molecule has 0 spiro atoms. The van der Waals surface area contributed by atoms with Gasteiger partial charge in [0.15, 0.2) is 0 Å². The van der Waals surface area contributed by atoms with Crippen molar-refractivity contribution in [2.45, 2.75) is 33.4 Å². The summed E-state index contributed by atoms with van der Waals surface area (Å²) in [7, 11) is 0. The summed E-state index contributed by atoms with van der Waals surface area (Å²) >= 11 is 12.4. The molecule has 1 aliphatic rings. The van der Waals surface area contributed by atoms with E-state index in [1.54, 1.807) is 31.2 Å². The quantitative estimate of drug-likeness (QED) is 0.446. The number of carbonyl (C=O) groups is 3. The van der Waals surface area contributed by atoms with Gasteiger partial charge >= 0.3 is 0 Å². The Labute approximate surface area is 214 Å². The standard InChI is InChI=1S/C27H27Cl2N3O3/c1-16(2)13-30-26(34)17(3)31(14-19-10-11-20(28)12-22(19)29)24(33)15-32-23-9-5-7-18-6-4-8-21(25(18)23)27(32)35/h4-12,16-17H,13-15H2,1-3H3,(H,30,34)/t17-/m1/s1. The summed E-state index contributed by atoms with van der Waals surface area (Å²) in [5.74, 6) is -0.592. The minimum absolute atomic E-state index is 0.101. The van der Waals surface area contributed by atoms with E-state index in [0.29, 0.717) is 33.4 Å². The van der Waals surface area contributed by atoms with E-state index in [-0.39, 0.29) is 36.7 Å². The molecule has 8 heteroatoms. The Morgan fingerprint density at radius 2 is 1.74 bits per heavy atom. The van der Waals surface area contributed by atoms with Gasteiger partial charge in [-0.2, -0.15) is 0 Å². The van der Waals surface area contributed by atoms with Crippen LogP contribution in [0.3, 0.4) is 0 Å². The maximum Gasteiger partial charge on any atom is 0.259 e. The van der Waals surface area contributed by atoms with Gasteiger partial charge in [-0.15, -0.1) is 0 Å². The van der Waals surface area contributed by atoms with Crippen LogP contribution >= 0.6 is 23.2 Å². The van der Waals surface area contributed by atoms with Gasteiger partial charge in [0.1, 0.15) is 12.6 Å². The molecule has 0 fully saturated rings. The second kappa shape index (κ2) is 10.3. The van der Waals surface area contributed by atoms with Crippen LogP contribution in [-0.2, 0) is 16.1 Å². The van der Waals surface area contributed by atoms with Crippen molar-refractivity contribution >= 4 is 57.4 Å². The van der Waals surface area contributed by atoms with E-state index < -0.39 is 6.04 Å². The lowest BCUT2D eigenvalue weighted by Crippen LogP contribution is -2.51. The summed E-state index contributed by atoms with van der Waals surface area (Å²) in [5.41, 5.74) is 1.92. The molecule has 6 nitrogen and oxygen atoms in total. The van der Waals surface area contributed by atoms with Gasteiger partial charge in [-0.3, -0.25) is 19.3 Å². The van der Waals surface area contributed by atoms with Crippen LogP contribution in [0, 0.1) is 5.92 Å². The van der Waals surface area contributed by atoms with Gasteiger partial charge in [-0.05, 0) is 48.1 Å². The number of rotatable bonds is 8. The Hall–Kier alpha value is -3.09. The molecule has 35 heavy (non-hydrogen) atoms. The topological polar surface area (TPSA) is 69.7 Å². The molecule has 3 aromatic rings. The van der Waals surface area contributed by atoms with Gasteiger partial charge in [0.2, 0.25) is 11.8 Å². The van der Waals surface area contributed by atoms with Crippen molar-refractivity contribution in [3.05, 3.63) is 75.8 Å². The smallest absolute Gasteiger partial charge is 0.259 e. The number of anilines is 1. The first-order valence-electron chi connectivity index (χ1n) is 11.5. The van der Waals surface area contributed by atoms with Crippen LogP contribution < -0.4 is 10.2 Å². The molecule has 4 rings (SSSR count). The average molecular weight is 512 g/mol. The SMILES string of the molecule is CC(C)CNC(=O)[C@@H](C)N(Cc1ccc(Cl)cc1Cl)C(=O)CN1C(=O)c2cccc3cccc1c23. The molecular weight excluding hydrogens is 485 g/mol. The van der Waals surface area contributed by atoms with E-state index >= 15 is 0 Å². The van der Waals surface area contributed by atoms with Crippen molar-refractivity contribution in [3.8, 4) is 0 Å². The van der Waals surface area contributed by atoms with Gasteiger partial charge in [0, 0.05) is 34.1 Å². The van der Waals surface area contributed by atoms with Crippen molar-refractivity contribution < 1.29 is 14.4 Å². The number of benzene rings is 3. The molecule has 1 aliphatic heterocycles. The van der Waals surface area contributed by atoms with Crippen LogP contribution in [-0.4, -0.2) is 41.8 Å². The lowest BCUT2D eigenvalue weighted by molar-refractivity contribution is -0.139. The Morgan fingerprint density at radius 3 is 2.43 bits per heavy atom. The van der Waals surface area contributed by atoms with Crippen LogP contribution in [0.25, 0.3) is 10.8 Å². The summed E-state index contributed by atoms with van der Waals surface area (Å²) in [6.07, 6.45) is 0. The molecule has 1 N–H and O–H groups in total. The zero-order valence-electron chi connectivity index (χ0n) is 19.8. The summed E-state index contributed by atoms with van der Waals surface area (Å²) in [6, 6.07) is 15.4. The number of nitrogens with zero attached hydrogens (tertiary/aromatic N) is 2.